The maximum absolute atomic E-state index is 13.4. The first-order chi connectivity index (χ1) is 6.65. The maximum Gasteiger partial charge on any atom is 0.149 e. The molecule has 0 aliphatic heterocycles. The highest BCUT2D eigenvalue weighted by molar-refractivity contribution is 5.47. The van der Waals surface area contributed by atoms with Gasteiger partial charge in [0.05, 0.1) is 11.8 Å². The van der Waals surface area contributed by atoms with Gasteiger partial charge in [0, 0.05) is 6.54 Å². The predicted molar refractivity (Wildman–Crippen MR) is 55.9 cm³/mol. The summed E-state index contributed by atoms with van der Waals surface area (Å²) in [5, 5.41) is 12.2. The average Bonchev–Trinajstić information content (AvgIpc) is 2.20. The van der Waals surface area contributed by atoms with Gasteiger partial charge in [-0.1, -0.05) is 19.1 Å². The van der Waals surface area contributed by atoms with Crippen molar-refractivity contribution in [1.82, 2.24) is 0 Å². The Labute approximate surface area is 83.8 Å². The van der Waals surface area contributed by atoms with Gasteiger partial charge in [0.1, 0.15) is 5.82 Å². The molecular weight excluding hydrogens is 181 g/mol. The monoisotopic (exact) mass is 197 g/mol. The summed E-state index contributed by atoms with van der Waals surface area (Å²) in [6.45, 7) is 3.99. The van der Waals surface area contributed by atoms with Crippen molar-refractivity contribution in [1.29, 1.82) is 0 Å². The topological polar surface area (TPSA) is 32.3 Å². The fourth-order valence-electron chi connectivity index (χ4n) is 1.16. The maximum atomic E-state index is 13.4. The Hall–Kier alpha value is -1.09. The van der Waals surface area contributed by atoms with Gasteiger partial charge in [-0.05, 0) is 25.0 Å². The summed E-state index contributed by atoms with van der Waals surface area (Å²) in [4.78, 5) is 0. The molecule has 0 fully saturated rings. The summed E-state index contributed by atoms with van der Waals surface area (Å²) < 4.78 is 13.4. The van der Waals surface area contributed by atoms with E-state index in [2.05, 4.69) is 5.32 Å². The fourth-order valence-corrected chi connectivity index (χ4v) is 1.16. The Morgan fingerprint density at radius 1 is 1.50 bits per heavy atom. The average molecular weight is 197 g/mol. The standard InChI is InChI=1S/C11H16FNO/c1-3-9(14)7-13-10-6-4-5-8(2)11(10)12/h4-6,9,13-14H,3,7H2,1-2H3. The van der Waals surface area contributed by atoms with Crippen molar-refractivity contribution in [3.63, 3.8) is 0 Å². The van der Waals surface area contributed by atoms with Gasteiger partial charge in [0.15, 0.2) is 0 Å². The minimum atomic E-state index is -0.421. The molecule has 0 bridgehead atoms. The van der Waals surface area contributed by atoms with Gasteiger partial charge in [0.25, 0.3) is 0 Å². The highest BCUT2D eigenvalue weighted by Crippen LogP contribution is 2.16. The zero-order valence-electron chi connectivity index (χ0n) is 8.55. The number of aryl methyl sites for hydroxylation is 1. The van der Waals surface area contributed by atoms with Crippen LogP contribution >= 0.6 is 0 Å². The lowest BCUT2D eigenvalue weighted by atomic mass is 10.2. The van der Waals surface area contributed by atoms with E-state index >= 15 is 0 Å². The number of anilines is 1. The van der Waals surface area contributed by atoms with Gasteiger partial charge >= 0.3 is 0 Å². The Morgan fingerprint density at radius 3 is 2.86 bits per heavy atom. The number of aliphatic hydroxyl groups excluding tert-OH is 1. The molecule has 3 heteroatoms. The largest absolute Gasteiger partial charge is 0.391 e. The Balaban J connectivity index is 2.63. The van der Waals surface area contributed by atoms with Gasteiger partial charge in [-0.25, -0.2) is 4.39 Å². The quantitative estimate of drug-likeness (QED) is 0.776. The van der Waals surface area contributed by atoms with Crippen molar-refractivity contribution >= 4 is 5.69 Å². The van der Waals surface area contributed by atoms with E-state index in [4.69, 9.17) is 0 Å². The number of aliphatic hydroxyl groups is 1. The first-order valence-corrected chi connectivity index (χ1v) is 4.82. The third-order valence-corrected chi connectivity index (χ3v) is 2.19. The second kappa shape index (κ2) is 4.96. The van der Waals surface area contributed by atoms with E-state index in [1.54, 1.807) is 25.1 Å². The lowest BCUT2D eigenvalue weighted by Crippen LogP contribution is -2.18. The van der Waals surface area contributed by atoms with E-state index in [-0.39, 0.29) is 5.82 Å². The van der Waals surface area contributed by atoms with Crippen LogP contribution in [0, 0.1) is 12.7 Å². The molecule has 0 aliphatic rings. The summed E-state index contributed by atoms with van der Waals surface area (Å²) in [5.74, 6) is -0.240. The summed E-state index contributed by atoms with van der Waals surface area (Å²) in [6, 6.07) is 5.18. The van der Waals surface area contributed by atoms with Gasteiger partial charge in [-0.15, -0.1) is 0 Å². The zero-order chi connectivity index (χ0) is 10.6. The van der Waals surface area contributed by atoms with Crippen LogP contribution in [0.1, 0.15) is 18.9 Å². The highest BCUT2D eigenvalue weighted by Gasteiger charge is 2.05. The molecular formula is C11H16FNO. The molecule has 2 N–H and O–H groups in total. The van der Waals surface area contributed by atoms with Crippen molar-refractivity contribution in [3.05, 3.63) is 29.6 Å². The van der Waals surface area contributed by atoms with Crippen LogP contribution in [0.2, 0.25) is 0 Å². The Morgan fingerprint density at radius 2 is 2.21 bits per heavy atom. The third kappa shape index (κ3) is 2.70. The molecule has 0 aliphatic carbocycles. The molecule has 1 rings (SSSR count). The Kier molecular flexibility index (Phi) is 3.89. The highest BCUT2D eigenvalue weighted by atomic mass is 19.1. The molecule has 1 aromatic rings. The fraction of sp³-hybridized carbons (Fsp3) is 0.455. The van der Waals surface area contributed by atoms with Crippen molar-refractivity contribution in [2.24, 2.45) is 0 Å². The molecule has 1 atom stereocenters. The predicted octanol–water partition coefficient (Wildman–Crippen LogP) is 2.32. The van der Waals surface area contributed by atoms with E-state index in [1.807, 2.05) is 6.92 Å². The first kappa shape index (κ1) is 11.0. The van der Waals surface area contributed by atoms with E-state index < -0.39 is 6.10 Å². The SMILES string of the molecule is CCC(O)CNc1cccc(C)c1F. The van der Waals surface area contributed by atoms with Crippen LogP contribution in [0.5, 0.6) is 0 Å². The summed E-state index contributed by atoms with van der Waals surface area (Å²) in [7, 11) is 0. The van der Waals surface area contributed by atoms with Gasteiger partial charge in [-0.2, -0.15) is 0 Å². The van der Waals surface area contributed by atoms with Crippen LogP contribution in [0.4, 0.5) is 10.1 Å². The van der Waals surface area contributed by atoms with E-state index in [9.17, 15) is 9.50 Å². The Bertz CT molecular complexity index is 301. The molecule has 0 radical (unpaired) electrons. The molecule has 0 heterocycles. The summed E-state index contributed by atoms with van der Waals surface area (Å²) in [6.07, 6.45) is 0.246. The van der Waals surface area contributed by atoms with Crippen LogP contribution in [0.15, 0.2) is 18.2 Å². The third-order valence-electron chi connectivity index (χ3n) is 2.19. The molecule has 0 spiro atoms. The molecule has 1 unspecified atom stereocenters. The zero-order valence-corrected chi connectivity index (χ0v) is 8.55. The second-order valence-corrected chi connectivity index (χ2v) is 3.38. The number of hydrogen-bond donors (Lipinski definition) is 2. The molecule has 78 valence electrons. The van der Waals surface area contributed by atoms with Crippen molar-refractivity contribution < 1.29 is 9.50 Å². The normalized spacial score (nSPS) is 12.6. The first-order valence-electron chi connectivity index (χ1n) is 4.82. The lowest BCUT2D eigenvalue weighted by Gasteiger charge is -2.12. The number of hydrogen-bond acceptors (Lipinski definition) is 2. The minimum absolute atomic E-state index is 0.240. The van der Waals surface area contributed by atoms with Crippen LogP contribution < -0.4 is 5.32 Å². The van der Waals surface area contributed by atoms with E-state index in [1.165, 1.54) is 0 Å². The van der Waals surface area contributed by atoms with Crippen molar-refractivity contribution in [2.75, 3.05) is 11.9 Å². The molecule has 2 nitrogen and oxygen atoms in total. The second-order valence-electron chi connectivity index (χ2n) is 3.38. The van der Waals surface area contributed by atoms with Crippen molar-refractivity contribution in [3.8, 4) is 0 Å². The van der Waals surface area contributed by atoms with Gasteiger partial charge in [-0.3, -0.25) is 0 Å². The molecule has 1 aromatic carbocycles. The van der Waals surface area contributed by atoms with Gasteiger partial charge < -0.3 is 10.4 Å². The van der Waals surface area contributed by atoms with E-state index in [0.29, 0.717) is 24.2 Å². The van der Waals surface area contributed by atoms with Gasteiger partial charge in [0.2, 0.25) is 0 Å². The molecule has 14 heavy (non-hydrogen) atoms. The smallest absolute Gasteiger partial charge is 0.149 e. The molecule has 0 amide bonds. The number of rotatable bonds is 4. The number of benzene rings is 1. The van der Waals surface area contributed by atoms with Crippen molar-refractivity contribution in [2.45, 2.75) is 26.4 Å². The summed E-state index contributed by atoms with van der Waals surface area (Å²) in [5.41, 5.74) is 1.07. The molecule has 0 saturated heterocycles. The lowest BCUT2D eigenvalue weighted by molar-refractivity contribution is 0.183. The minimum Gasteiger partial charge on any atom is -0.391 e. The van der Waals surface area contributed by atoms with E-state index in [0.717, 1.165) is 0 Å². The van der Waals surface area contributed by atoms with Crippen LogP contribution in [-0.4, -0.2) is 17.8 Å². The van der Waals surface area contributed by atoms with Crippen LogP contribution in [-0.2, 0) is 0 Å². The van der Waals surface area contributed by atoms with Crippen LogP contribution in [0.3, 0.4) is 0 Å². The van der Waals surface area contributed by atoms with Crippen LogP contribution in [0.25, 0.3) is 0 Å². The molecule has 0 aromatic heterocycles. The summed E-state index contributed by atoms with van der Waals surface area (Å²) >= 11 is 0. The molecule has 0 saturated carbocycles. The number of halogens is 1. The number of nitrogens with one attached hydrogen (secondary N) is 1.